The van der Waals surface area contributed by atoms with Gasteiger partial charge in [-0.05, 0) is 5.92 Å². The summed E-state index contributed by atoms with van der Waals surface area (Å²) in [4.78, 5) is 0. The topological polar surface area (TPSA) is 0 Å². The van der Waals surface area contributed by atoms with E-state index in [9.17, 15) is 13.2 Å². The zero-order valence-corrected chi connectivity index (χ0v) is 7.04. The fraction of sp³-hybridized carbons (Fsp3) is 1.00. The summed E-state index contributed by atoms with van der Waals surface area (Å²) in [5, 5.41) is 0. The third kappa shape index (κ3) is 6.20. The number of hydrogen-bond acceptors (Lipinski definition) is 0. The molecule has 0 nitrogen and oxygen atoms in total. The molecule has 0 saturated heterocycles. The first-order valence-electron chi connectivity index (χ1n) is 4.06. The van der Waals surface area contributed by atoms with Gasteiger partial charge in [0.2, 0.25) is 0 Å². The van der Waals surface area contributed by atoms with Gasteiger partial charge in [0.15, 0.2) is 0 Å². The molecule has 0 aliphatic rings. The van der Waals surface area contributed by atoms with Crippen LogP contribution in [-0.2, 0) is 0 Å². The van der Waals surface area contributed by atoms with Crippen LogP contribution in [0.3, 0.4) is 0 Å². The zero-order valence-electron chi connectivity index (χ0n) is 7.04. The van der Waals surface area contributed by atoms with Gasteiger partial charge in [0.1, 0.15) is 0 Å². The first kappa shape index (κ1) is 10.8. The summed E-state index contributed by atoms with van der Waals surface area (Å²) in [6.07, 6.45) is -2.43. The van der Waals surface area contributed by atoms with E-state index in [0.717, 1.165) is 6.42 Å². The van der Waals surface area contributed by atoms with Crippen molar-refractivity contribution in [3.05, 3.63) is 0 Å². The highest BCUT2D eigenvalue weighted by Crippen LogP contribution is 2.28. The lowest BCUT2D eigenvalue weighted by Gasteiger charge is -2.15. The molecule has 11 heavy (non-hydrogen) atoms. The summed E-state index contributed by atoms with van der Waals surface area (Å²) in [6, 6.07) is 0. The summed E-state index contributed by atoms with van der Waals surface area (Å²) in [7, 11) is 0. The average molecular weight is 168 g/mol. The molecule has 0 bridgehead atoms. The average Bonchev–Trinajstić information content (AvgIpc) is 1.84. The van der Waals surface area contributed by atoms with Gasteiger partial charge < -0.3 is 0 Å². The Morgan fingerprint density at radius 2 is 1.73 bits per heavy atom. The summed E-state index contributed by atoms with van der Waals surface area (Å²) in [6.45, 7) is 3.73. The molecule has 1 atom stereocenters. The number of hydrogen-bond donors (Lipinski definition) is 0. The van der Waals surface area contributed by atoms with Crippen LogP contribution in [0.5, 0.6) is 0 Å². The van der Waals surface area contributed by atoms with Gasteiger partial charge in [-0.25, -0.2) is 0 Å². The van der Waals surface area contributed by atoms with E-state index in [1.165, 1.54) is 0 Å². The van der Waals surface area contributed by atoms with Crippen LogP contribution in [0, 0.1) is 5.92 Å². The molecule has 0 aromatic rings. The SMILES string of the molecule is CCCC(CC)CC(F)(F)F. The predicted molar refractivity (Wildman–Crippen MR) is 39.4 cm³/mol. The van der Waals surface area contributed by atoms with Crippen LogP contribution in [-0.4, -0.2) is 6.18 Å². The van der Waals surface area contributed by atoms with Crippen LogP contribution in [0.4, 0.5) is 13.2 Å². The summed E-state index contributed by atoms with van der Waals surface area (Å²) in [5.41, 5.74) is 0. The van der Waals surface area contributed by atoms with E-state index in [0.29, 0.717) is 12.8 Å². The van der Waals surface area contributed by atoms with Crippen molar-refractivity contribution in [3.8, 4) is 0 Å². The van der Waals surface area contributed by atoms with Crippen LogP contribution in [0.1, 0.15) is 39.5 Å². The van der Waals surface area contributed by atoms with Crippen molar-refractivity contribution in [3.63, 3.8) is 0 Å². The lowest BCUT2D eigenvalue weighted by Crippen LogP contribution is -2.14. The van der Waals surface area contributed by atoms with E-state index in [1.807, 2.05) is 13.8 Å². The van der Waals surface area contributed by atoms with Crippen molar-refractivity contribution in [2.75, 3.05) is 0 Å². The van der Waals surface area contributed by atoms with Crippen molar-refractivity contribution in [1.29, 1.82) is 0 Å². The van der Waals surface area contributed by atoms with Gasteiger partial charge in [0, 0.05) is 6.42 Å². The Morgan fingerprint density at radius 1 is 1.18 bits per heavy atom. The lowest BCUT2D eigenvalue weighted by atomic mass is 9.97. The molecule has 0 spiro atoms. The summed E-state index contributed by atoms with van der Waals surface area (Å²) >= 11 is 0. The Morgan fingerprint density at radius 3 is 2.00 bits per heavy atom. The van der Waals surface area contributed by atoms with Gasteiger partial charge in [-0.15, -0.1) is 0 Å². The van der Waals surface area contributed by atoms with Crippen LogP contribution in [0.15, 0.2) is 0 Å². The van der Waals surface area contributed by atoms with Gasteiger partial charge in [0.05, 0.1) is 0 Å². The van der Waals surface area contributed by atoms with Crippen LogP contribution in [0.25, 0.3) is 0 Å². The molecule has 0 aromatic carbocycles. The van der Waals surface area contributed by atoms with Gasteiger partial charge in [-0.1, -0.05) is 33.1 Å². The largest absolute Gasteiger partial charge is 0.389 e. The maximum absolute atomic E-state index is 11.8. The van der Waals surface area contributed by atoms with Crippen molar-refractivity contribution in [2.45, 2.75) is 45.7 Å². The maximum atomic E-state index is 11.8. The molecule has 0 heterocycles. The summed E-state index contributed by atoms with van der Waals surface area (Å²) < 4.78 is 35.4. The lowest BCUT2D eigenvalue weighted by molar-refractivity contribution is -0.145. The molecule has 0 radical (unpaired) electrons. The molecule has 0 N–H and O–H groups in total. The standard InChI is InChI=1S/C8H15F3/c1-3-5-7(4-2)6-8(9,10)11/h7H,3-6H2,1-2H3. The second-order valence-corrected chi connectivity index (χ2v) is 2.88. The highest BCUT2D eigenvalue weighted by Gasteiger charge is 2.30. The van der Waals surface area contributed by atoms with Gasteiger partial charge in [-0.2, -0.15) is 13.2 Å². The van der Waals surface area contributed by atoms with Gasteiger partial charge >= 0.3 is 6.18 Å². The monoisotopic (exact) mass is 168 g/mol. The molecule has 0 aliphatic heterocycles. The molecule has 0 fully saturated rings. The predicted octanol–water partition coefficient (Wildman–Crippen LogP) is 3.77. The zero-order chi connectivity index (χ0) is 8.91. The Balaban J connectivity index is 3.68. The van der Waals surface area contributed by atoms with E-state index >= 15 is 0 Å². The highest BCUT2D eigenvalue weighted by molar-refractivity contribution is 4.61. The minimum absolute atomic E-state index is 0.167. The Kier molecular flexibility index (Phi) is 4.54. The molecular weight excluding hydrogens is 153 g/mol. The number of rotatable bonds is 4. The fourth-order valence-corrected chi connectivity index (χ4v) is 1.19. The first-order chi connectivity index (χ1) is 4.99. The Hall–Kier alpha value is -0.210. The van der Waals surface area contributed by atoms with Crippen molar-refractivity contribution in [2.24, 2.45) is 5.92 Å². The van der Waals surface area contributed by atoms with Crippen molar-refractivity contribution < 1.29 is 13.2 Å². The quantitative estimate of drug-likeness (QED) is 0.599. The second kappa shape index (κ2) is 4.62. The van der Waals surface area contributed by atoms with E-state index in [-0.39, 0.29) is 5.92 Å². The Labute approximate surface area is 65.8 Å². The molecule has 0 rings (SSSR count). The van der Waals surface area contributed by atoms with Gasteiger partial charge in [-0.3, -0.25) is 0 Å². The van der Waals surface area contributed by atoms with Crippen molar-refractivity contribution >= 4 is 0 Å². The molecule has 3 heteroatoms. The fourth-order valence-electron chi connectivity index (χ4n) is 1.19. The molecule has 0 aliphatic carbocycles. The molecule has 1 unspecified atom stereocenters. The molecule has 68 valence electrons. The van der Waals surface area contributed by atoms with E-state index < -0.39 is 12.6 Å². The molecule has 0 amide bonds. The van der Waals surface area contributed by atoms with Gasteiger partial charge in [0.25, 0.3) is 0 Å². The first-order valence-corrected chi connectivity index (χ1v) is 4.06. The third-order valence-corrected chi connectivity index (χ3v) is 1.79. The maximum Gasteiger partial charge on any atom is 0.389 e. The van der Waals surface area contributed by atoms with E-state index in [4.69, 9.17) is 0 Å². The van der Waals surface area contributed by atoms with E-state index in [2.05, 4.69) is 0 Å². The summed E-state index contributed by atoms with van der Waals surface area (Å²) in [5.74, 6) is -0.167. The Bertz CT molecular complexity index is 96.0. The minimum Gasteiger partial charge on any atom is -0.171 e. The van der Waals surface area contributed by atoms with Crippen LogP contribution >= 0.6 is 0 Å². The van der Waals surface area contributed by atoms with Crippen LogP contribution in [0.2, 0.25) is 0 Å². The molecule has 0 aromatic heterocycles. The minimum atomic E-state index is -3.98. The smallest absolute Gasteiger partial charge is 0.171 e. The second-order valence-electron chi connectivity index (χ2n) is 2.88. The number of alkyl halides is 3. The normalized spacial score (nSPS) is 15.0. The number of halogens is 3. The van der Waals surface area contributed by atoms with E-state index in [1.54, 1.807) is 0 Å². The third-order valence-electron chi connectivity index (χ3n) is 1.79. The van der Waals surface area contributed by atoms with Crippen LogP contribution < -0.4 is 0 Å². The molecular formula is C8H15F3. The van der Waals surface area contributed by atoms with Crippen molar-refractivity contribution in [1.82, 2.24) is 0 Å². The molecule has 0 saturated carbocycles. The highest BCUT2D eigenvalue weighted by atomic mass is 19.4.